The van der Waals surface area contributed by atoms with Crippen molar-refractivity contribution in [3.63, 3.8) is 0 Å². The molecule has 8 nitrogen and oxygen atoms in total. The van der Waals surface area contributed by atoms with Crippen LogP contribution in [0.4, 0.5) is 0 Å². The summed E-state index contributed by atoms with van der Waals surface area (Å²) in [5.41, 5.74) is 3.57. The molecule has 0 aliphatic rings. The number of rotatable bonds is 15. The van der Waals surface area contributed by atoms with Gasteiger partial charge in [0.2, 0.25) is 6.10 Å². The number of hydrogen-bond acceptors (Lipinski definition) is 6. The number of benzene rings is 3. The topological polar surface area (TPSA) is 115 Å². The number of thioether (sulfide) groups is 1. The molecule has 0 saturated heterocycles. The summed E-state index contributed by atoms with van der Waals surface area (Å²) in [4.78, 5) is 23.7. The smallest absolute Gasteiger partial charge is 0.349 e. The van der Waals surface area contributed by atoms with Gasteiger partial charge in [-0.2, -0.15) is 0 Å². The molecule has 4 rings (SSSR count). The maximum absolute atomic E-state index is 12.1. The van der Waals surface area contributed by atoms with Crippen molar-refractivity contribution in [3.8, 4) is 5.75 Å². The molecule has 1 atom stereocenters. The number of carbonyl (C=O) groups is 2. The average Bonchev–Trinajstić information content (AvgIpc) is 3.35. The minimum absolute atomic E-state index is 0.284. The van der Waals surface area contributed by atoms with Crippen LogP contribution < -0.4 is 4.74 Å². The molecule has 0 aliphatic carbocycles. The fourth-order valence-electron chi connectivity index (χ4n) is 4.61. The molecule has 214 valence electrons. The Hall–Kier alpha value is -4.11. The molecule has 0 spiro atoms. The maximum Gasteiger partial charge on any atom is 0.349 e. The summed E-state index contributed by atoms with van der Waals surface area (Å²) in [6.07, 6.45) is 3.31. The van der Waals surface area contributed by atoms with Crippen LogP contribution in [0.25, 0.3) is 0 Å². The van der Waals surface area contributed by atoms with E-state index in [9.17, 15) is 19.8 Å². The van der Waals surface area contributed by atoms with E-state index in [2.05, 4.69) is 34.7 Å². The molecular weight excluding hydrogens is 538 g/mol. The van der Waals surface area contributed by atoms with Gasteiger partial charge in [0.15, 0.2) is 5.16 Å². The van der Waals surface area contributed by atoms with Crippen LogP contribution in [0.2, 0.25) is 0 Å². The number of carboxylic acid groups (broad SMARTS) is 2. The third kappa shape index (κ3) is 7.76. The first-order valence-electron chi connectivity index (χ1n) is 13.8. The fourth-order valence-corrected chi connectivity index (χ4v) is 5.57. The monoisotopic (exact) mass is 573 g/mol. The van der Waals surface area contributed by atoms with Crippen LogP contribution >= 0.6 is 11.8 Å². The minimum Gasteiger partial charge on any atom is -0.478 e. The second-order valence-electron chi connectivity index (χ2n) is 9.78. The Kier molecular flexibility index (Phi) is 10.6. The highest BCUT2D eigenvalue weighted by Crippen LogP contribution is 2.30. The van der Waals surface area contributed by atoms with Crippen molar-refractivity contribution >= 4 is 23.7 Å². The maximum atomic E-state index is 12.1. The summed E-state index contributed by atoms with van der Waals surface area (Å²) >= 11 is 1.47. The molecule has 3 aromatic carbocycles. The molecule has 0 bridgehead atoms. The van der Waals surface area contributed by atoms with Crippen LogP contribution in [-0.4, -0.2) is 36.9 Å². The van der Waals surface area contributed by atoms with Gasteiger partial charge in [0.05, 0.1) is 12.1 Å². The lowest BCUT2D eigenvalue weighted by Crippen LogP contribution is -2.19. The van der Waals surface area contributed by atoms with Gasteiger partial charge in [-0.25, -0.2) is 9.59 Å². The Labute approximate surface area is 244 Å². The summed E-state index contributed by atoms with van der Waals surface area (Å²) in [6, 6.07) is 21.8. The van der Waals surface area contributed by atoms with Gasteiger partial charge in [0.1, 0.15) is 11.6 Å². The molecule has 1 aromatic heterocycles. The van der Waals surface area contributed by atoms with Crippen molar-refractivity contribution in [2.45, 2.75) is 69.5 Å². The lowest BCUT2D eigenvalue weighted by molar-refractivity contribution is -0.145. The molecule has 0 amide bonds. The first-order chi connectivity index (χ1) is 19.9. The van der Waals surface area contributed by atoms with E-state index in [1.165, 1.54) is 11.8 Å². The zero-order valence-corrected chi connectivity index (χ0v) is 24.1. The first kappa shape index (κ1) is 29.9. The lowest BCUT2D eigenvalue weighted by Gasteiger charge is -2.19. The zero-order chi connectivity index (χ0) is 29.2. The van der Waals surface area contributed by atoms with Crippen molar-refractivity contribution in [3.05, 3.63) is 106 Å². The van der Waals surface area contributed by atoms with E-state index >= 15 is 0 Å². The van der Waals surface area contributed by atoms with E-state index < -0.39 is 18.0 Å². The molecule has 0 saturated carbocycles. The standard InChI is InChI=1S/C32H35N3O5S/c1-3-5-16-28-33-34-32(41-21-25-14-9-10-15-26(25)30(36)37)35(28)20-22-17-18-27(24(19-22)11-4-2)40-29(31(38)39)23-12-7-6-8-13-23/h6-10,12-15,17-19,29H,3-5,11,16,20-21H2,1-2H3,(H,36,37)(H,38,39). The summed E-state index contributed by atoms with van der Waals surface area (Å²) in [6.45, 7) is 4.75. The van der Waals surface area contributed by atoms with Gasteiger partial charge >= 0.3 is 11.9 Å². The van der Waals surface area contributed by atoms with Crippen molar-refractivity contribution in [2.24, 2.45) is 0 Å². The Morgan fingerprint density at radius 3 is 2.37 bits per heavy atom. The SMILES string of the molecule is CCCCc1nnc(SCc2ccccc2C(=O)O)n1Cc1ccc(OC(C(=O)O)c2ccccc2)c(CCC)c1. The summed E-state index contributed by atoms with van der Waals surface area (Å²) in [5.74, 6) is -0.0958. The Morgan fingerprint density at radius 1 is 0.902 bits per heavy atom. The Morgan fingerprint density at radius 2 is 1.66 bits per heavy atom. The average molecular weight is 574 g/mol. The predicted molar refractivity (Wildman–Crippen MR) is 159 cm³/mol. The van der Waals surface area contributed by atoms with Gasteiger partial charge in [0, 0.05) is 17.7 Å². The molecule has 9 heteroatoms. The third-order valence-electron chi connectivity index (χ3n) is 6.71. The Balaban J connectivity index is 1.60. The number of unbranched alkanes of at least 4 members (excludes halogenated alkanes) is 1. The number of hydrogen-bond donors (Lipinski definition) is 2. The molecule has 0 aliphatic heterocycles. The second kappa shape index (κ2) is 14.5. The summed E-state index contributed by atoms with van der Waals surface area (Å²) in [5, 5.41) is 29.1. The van der Waals surface area contributed by atoms with E-state index in [1.54, 1.807) is 36.4 Å². The molecule has 4 aromatic rings. The minimum atomic E-state index is -1.10. The van der Waals surface area contributed by atoms with Gasteiger partial charge in [-0.05, 0) is 41.7 Å². The largest absolute Gasteiger partial charge is 0.478 e. The molecule has 0 fully saturated rings. The van der Waals surface area contributed by atoms with Crippen molar-refractivity contribution in [1.29, 1.82) is 0 Å². The van der Waals surface area contributed by atoms with Crippen LogP contribution in [0, 0.1) is 0 Å². The van der Waals surface area contributed by atoms with E-state index in [4.69, 9.17) is 4.74 Å². The van der Waals surface area contributed by atoms with Crippen LogP contribution in [0.5, 0.6) is 5.75 Å². The van der Waals surface area contributed by atoms with Crippen molar-refractivity contribution in [1.82, 2.24) is 14.8 Å². The van der Waals surface area contributed by atoms with Gasteiger partial charge < -0.3 is 19.5 Å². The highest BCUT2D eigenvalue weighted by atomic mass is 32.2. The normalized spacial score (nSPS) is 11.8. The molecular formula is C32H35N3O5S. The lowest BCUT2D eigenvalue weighted by atomic mass is 10.0. The fraction of sp³-hybridized carbons (Fsp3) is 0.312. The summed E-state index contributed by atoms with van der Waals surface area (Å²) in [7, 11) is 0. The van der Waals surface area contributed by atoms with E-state index in [0.717, 1.165) is 59.8 Å². The molecule has 2 N–H and O–H groups in total. The summed E-state index contributed by atoms with van der Waals surface area (Å²) < 4.78 is 8.17. The van der Waals surface area contributed by atoms with Gasteiger partial charge in [-0.1, -0.05) is 99.1 Å². The second-order valence-corrected chi connectivity index (χ2v) is 10.7. The molecule has 1 heterocycles. The molecule has 1 unspecified atom stereocenters. The number of aryl methyl sites for hydroxylation is 2. The quantitative estimate of drug-likeness (QED) is 0.149. The molecule has 0 radical (unpaired) electrons. The molecule has 41 heavy (non-hydrogen) atoms. The number of aromatic nitrogens is 3. The van der Waals surface area contributed by atoms with Crippen LogP contribution in [0.3, 0.4) is 0 Å². The van der Waals surface area contributed by atoms with Gasteiger partial charge in [0.25, 0.3) is 0 Å². The van der Waals surface area contributed by atoms with Crippen LogP contribution in [0.15, 0.2) is 78.0 Å². The number of aliphatic carboxylic acids is 1. The number of nitrogens with zero attached hydrogens (tertiary/aromatic N) is 3. The van der Waals surface area contributed by atoms with Crippen LogP contribution in [0.1, 0.15) is 77.7 Å². The van der Waals surface area contributed by atoms with E-state index in [0.29, 0.717) is 23.6 Å². The van der Waals surface area contributed by atoms with Crippen molar-refractivity contribution < 1.29 is 24.5 Å². The Bertz CT molecular complexity index is 1470. The third-order valence-corrected chi connectivity index (χ3v) is 7.72. The van der Waals surface area contributed by atoms with E-state index in [-0.39, 0.29) is 5.56 Å². The highest BCUT2D eigenvalue weighted by molar-refractivity contribution is 7.98. The number of aromatic carboxylic acids is 1. The van der Waals surface area contributed by atoms with E-state index in [1.807, 2.05) is 30.3 Å². The highest BCUT2D eigenvalue weighted by Gasteiger charge is 2.23. The number of ether oxygens (including phenoxy) is 1. The zero-order valence-electron chi connectivity index (χ0n) is 23.3. The number of carboxylic acids is 2. The predicted octanol–water partition coefficient (Wildman–Crippen LogP) is 6.82. The van der Waals surface area contributed by atoms with Crippen LogP contribution in [-0.2, 0) is 29.9 Å². The van der Waals surface area contributed by atoms with Gasteiger partial charge in [-0.3, -0.25) is 0 Å². The van der Waals surface area contributed by atoms with Gasteiger partial charge in [-0.15, -0.1) is 10.2 Å². The first-order valence-corrected chi connectivity index (χ1v) is 14.8. The van der Waals surface area contributed by atoms with Crippen molar-refractivity contribution in [2.75, 3.05) is 0 Å².